The Bertz CT molecular complexity index is 486. The summed E-state index contributed by atoms with van der Waals surface area (Å²) in [4.78, 5) is 13.8. The predicted molar refractivity (Wildman–Crippen MR) is 84.8 cm³/mol. The lowest BCUT2D eigenvalue weighted by atomic mass is 10.1. The Hall–Kier alpha value is -1.59. The molecule has 1 aliphatic heterocycles. The van der Waals surface area contributed by atoms with E-state index in [2.05, 4.69) is 36.3 Å². The number of hydrogen-bond acceptors (Lipinski definition) is 4. The number of ether oxygens (including phenoxy) is 1. The Labute approximate surface area is 126 Å². The summed E-state index contributed by atoms with van der Waals surface area (Å²) in [7, 11) is 0. The molecule has 21 heavy (non-hydrogen) atoms. The fourth-order valence-corrected chi connectivity index (χ4v) is 2.47. The Balaban J connectivity index is 1.92. The summed E-state index contributed by atoms with van der Waals surface area (Å²) in [6, 6.07) is 6.20. The van der Waals surface area contributed by atoms with E-state index in [1.165, 1.54) is 0 Å². The molecule has 1 aliphatic rings. The van der Waals surface area contributed by atoms with Crippen LogP contribution in [-0.4, -0.2) is 43.6 Å². The highest BCUT2D eigenvalue weighted by molar-refractivity contribution is 5.95. The Kier molecular flexibility index (Phi) is 5.59. The average molecular weight is 291 g/mol. The molecular formula is C16H25N3O2. The third kappa shape index (κ3) is 4.19. The van der Waals surface area contributed by atoms with Crippen LogP contribution in [0.2, 0.25) is 0 Å². The quantitative estimate of drug-likeness (QED) is 0.807. The van der Waals surface area contributed by atoms with Crippen LogP contribution in [0.4, 0.5) is 5.69 Å². The van der Waals surface area contributed by atoms with Crippen LogP contribution in [0, 0.1) is 0 Å². The molecule has 1 amide bonds. The van der Waals surface area contributed by atoms with Crippen molar-refractivity contribution >= 4 is 11.6 Å². The third-order valence-electron chi connectivity index (χ3n) is 3.91. The van der Waals surface area contributed by atoms with Gasteiger partial charge in [0, 0.05) is 19.1 Å². The number of amides is 1. The molecular weight excluding hydrogens is 266 g/mol. The number of likely N-dealkylation sites (N-methyl/N-ethyl adjacent to an activating group) is 1. The number of carbonyl (C=O) groups excluding carboxylic acids is 1. The minimum Gasteiger partial charge on any atom is -0.482 e. The number of nitrogens with zero attached hydrogens (tertiary/aromatic N) is 1. The fourth-order valence-electron chi connectivity index (χ4n) is 2.47. The number of fused-ring (bicyclic) bond motifs is 1. The van der Waals surface area contributed by atoms with Crippen molar-refractivity contribution in [1.82, 2.24) is 10.2 Å². The van der Waals surface area contributed by atoms with Gasteiger partial charge in [-0.1, -0.05) is 19.9 Å². The maximum atomic E-state index is 11.4. The SMILES string of the molecule is CCN(CC)CCNC(C)c1ccc2c(c1)NC(=O)CO2. The van der Waals surface area contributed by atoms with Crippen molar-refractivity contribution in [2.45, 2.75) is 26.8 Å². The highest BCUT2D eigenvalue weighted by Gasteiger charge is 2.17. The lowest BCUT2D eigenvalue weighted by molar-refractivity contribution is -0.118. The van der Waals surface area contributed by atoms with Crippen molar-refractivity contribution < 1.29 is 9.53 Å². The van der Waals surface area contributed by atoms with Gasteiger partial charge in [-0.05, 0) is 37.7 Å². The van der Waals surface area contributed by atoms with Gasteiger partial charge in [-0.15, -0.1) is 0 Å². The van der Waals surface area contributed by atoms with E-state index < -0.39 is 0 Å². The molecule has 0 bridgehead atoms. The molecule has 2 N–H and O–H groups in total. The van der Waals surface area contributed by atoms with Crippen LogP contribution in [0.5, 0.6) is 5.75 Å². The second-order valence-corrected chi connectivity index (χ2v) is 5.30. The molecule has 5 nitrogen and oxygen atoms in total. The molecule has 0 fully saturated rings. The summed E-state index contributed by atoms with van der Waals surface area (Å²) in [5.74, 6) is 0.649. The van der Waals surface area contributed by atoms with Crippen LogP contribution in [0.3, 0.4) is 0 Å². The van der Waals surface area contributed by atoms with Crippen molar-refractivity contribution in [3.8, 4) is 5.75 Å². The molecule has 116 valence electrons. The van der Waals surface area contributed by atoms with Gasteiger partial charge in [0.25, 0.3) is 5.91 Å². The zero-order chi connectivity index (χ0) is 15.2. The van der Waals surface area contributed by atoms with Crippen LogP contribution in [0.1, 0.15) is 32.4 Å². The second-order valence-electron chi connectivity index (χ2n) is 5.30. The molecule has 0 aliphatic carbocycles. The first-order valence-corrected chi connectivity index (χ1v) is 7.66. The normalized spacial score (nSPS) is 15.3. The second kappa shape index (κ2) is 7.43. The predicted octanol–water partition coefficient (Wildman–Crippen LogP) is 2.01. The molecule has 0 spiro atoms. The van der Waals surface area contributed by atoms with Crippen molar-refractivity contribution in [3.63, 3.8) is 0 Å². The van der Waals surface area contributed by atoms with Crippen LogP contribution < -0.4 is 15.4 Å². The van der Waals surface area contributed by atoms with Gasteiger partial charge in [0.2, 0.25) is 0 Å². The van der Waals surface area contributed by atoms with E-state index in [0.29, 0.717) is 0 Å². The first-order chi connectivity index (χ1) is 10.1. The van der Waals surface area contributed by atoms with E-state index >= 15 is 0 Å². The van der Waals surface area contributed by atoms with Gasteiger partial charge in [0.05, 0.1) is 5.69 Å². The van der Waals surface area contributed by atoms with Crippen LogP contribution >= 0.6 is 0 Å². The lowest BCUT2D eigenvalue weighted by Crippen LogP contribution is -2.33. The van der Waals surface area contributed by atoms with Crippen LogP contribution in [-0.2, 0) is 4.79 Å². The van der Waals surface area contributed by atoms with Crippen molar-refractivity contribution in [3.05, 3.63) is 23.8 Å². The molecule has 1 unspecified atom stereocenters. The molecule has 2 rings (SSSR count). The topological polar surface area (TPSA) is 53.6 Å². The monoisotopic (exact) mass is 291 g/mol. The zero-order valence-electron chi connectivity index (χ0n) is 13.1. The summed E-state index contributed by atoms with van der Waals surface area (Å²) in [6.07, 6.45) is 0. The first-order valence-electron chi connectivity index (χ1n) is 7.66. The molecule has 0 aromatic heterocycles. The van der Waals surface area contributed by atoms with Crippen molar-refractivity contribution in [1.29, 1.82) is 0 Å². The zero-order valence-corrected chi connectivity index (χ0v) is 13.1. The largest absolute Gasteiger partial charge is 0.482 e. The summed E-state index contributed by atoms with van der Waals surface area (Å²) in [5, 5.41) is 6.37. The Morgan fingerprint density at radius 3 is 2.86 bits per heavy atom. The third-order valence-corrected chi connectivity index (χ3v) is 3.91. The molecule has 1 aromatic carbocycles. The van der Waals surface area contributed by atoms with E-state index in [0.717, 1.165) is 43.2 Å². The van der Waals surface area contributed by atoms with Gasteiger partial charge >= 0.3 is 0 Å². The Morgan fingerprint density at radius 2 is 2.14 bits per heavy atom. The standard InChI is InChI=1S/C16H25N3O2/c1-4-19(5-2)9-8-17-12(3)13-6-7-15-14(10-13)18-16(20)11-21-15/h6-7,10,12,17H,4-5,8-9,11H2,1-3H3,(H,18,20). The van der Waals surface area contributed by atoms with Gasteiger partial charge in [0.1, 0.15) is 5.75 Å². The molecule has 0 radical (unpaired) electrons. The molecule has 0 saturated carbocycles. The molecule has 1 aromatic rings. The number of anilines is 1. The van der Waals surface area contributed by atoms with E-state index in [-0.39, 0.29) is 18.6 Å². The number of carbonyl (C=O) groups is 1. The summed E-state index contributed by atoms with van der Waals surface area (Å²) in [5.41, 5.74) is 1.92. The number of benzene rings is 1. The molecule has 1 atom stereocenters. The maximum Gasteiger partial charge on any atom is 0.262 e. The Morgan fingerprint density at radius 1 is 1.38 bits per heavy atom. The smallest absolute Gasteiger partial charge is 0.262 e. The first kappa shape index (κ1) is 15.8. The van der Waals surface area contributed by atoms with Gasteiger partial charge in [-0.2, -0.15) is 0 Å². The minimum atomic E-state index is -0.0956. The minimum absolute atomic E-state index is 0.0956. The van der Waals surface area contributed by atoms with E-state index in [1.54, 1.807) is 0 Å². The number of rotatable bonds is 7. The van der Waals surface area contributed by atoms with Gasteiger partial charge in [0.15, 0.2) is 6.61 Å². The van der Waals surface area contributed by atoms with Crippen molar-refractivity contribution in [2.24, 2.45) is 0 Å². The fraction of sp³-hybridized carbons (Fsp3) is 0.562. The van der Waals surface area contributed by atoms with E-state index in [4.69, 9.17) is 4.74 Å². The van der Waals surface area contributed by atoms with Crippen LogP contribution in [0.25, 0.3) is 0 Å². The number of hydrogen-bond donors (Lipinski definition) is 2. The van der Waals surface area contributed by atoms with Crippen LogP contribution in [0.15, 0.2) is 18.2 Å². The maximum absolute atomic E-state index is 11.4. The average Bonchev–Trinajstić information content (AvgIpc) is 2.50. The van der Waals surface area contributed by atoms with E-state index in [1.807, 2.05) is 18.2 Å². The summed E-state index contributed by atoms with van der Waals surface area (Å²) >= 11 is 0. The van der Waals surface area contributed by atoms with E-state index in [9.17, 15) is 4.79 Å². The van der Waals surface area contributed by atoms with Gasteiger partial charge in [-0.3, -0.25) is 4.79 Å². The van der Waals surface area contributed by atoms with Gasteiger partial charge < -0.3 is 20.3 Å². The number of nitrogens with one attached hydrogen (secondary N) is 2. The summed E-state index contributed by atoms with van der Waals surface area (Å²) < 4.78 is 5.37. The van der Waals surface area contributed by atoms with Crippen molar-refractivity contribution in [2.75, 3.05) is 38.1 Å². The molecule has 1 heterocycles. The highest BCUT2D eigenvalue weighted by atomic mass is 16.5. The highest BCUT2D eigenvalue weighted by Crippen LogP contribution is 2.30. The van der Waals surface area contributed by atoms with Gasteiger partial charge in [-0.25, -0.2) is 0 Å². The molecule has 5 heteroatoms. The molecule has 0 saturated heterocycles. The summed E-state index contributed by atoms with van der Waals surface area (Å²) in [6.45, 7) is 10.7. The lowest BCUT2D eigenvalue weighted by Gasteiger charge is -2.22.